The highest BCUT2D eigenvalue weighted by molar-refractivity contribution is 6.18. The van der Waals surface area contributed by atoms with E-state index < -0.39 is 0 Å². The number of benzene rings is 1. The van der Waals surface area contributed by atoms with Crippen molar-refractivity contribution in [3.05, 3.63) is 35.6 Å². The first-order valence-corrected chi connectivity index (χ1v) is 6.08. The SMILES string of the molecule is Fc1ccc(CC2(CCl)CCCC2)cc1. The molecular formula is C13H16ClF. The first-order chi connectivity index (χ1) is 7.24. The Balaban J connectivity index is 2.09. The van der Waals surface area contributed by atoms with Crippen LogP contribution >= 0.6 is 11.6 Å². The molecule has 0 amide bonds. The molecule has 0 spiro atoms. The molecule has 1 aliphatic carbocycles. The second-order valence-electron chi connectivity index (χ2n) is 4.64. The van der Waals surface area contributed by atoms with Crippen molar-refractivity contribution in [1.82, 2.24) is 0 Å². The van der Waals surface area contributed by atoms with Gasteiger partial charge in [0.25, 0.3) is 0 Å². The summed E-state index contributed by atoms with van der Waals surface area (Å²) in [7, 11) is 0. The standard InChI is InChI=1S/C13H16ClF/c14-10-13(7-1-2-8-13)9-11-3-5-12(15)6-4-11/h3-6H,1-2,7-10H2. The van der Waals surface area contributed by atoms with Crippen LogP contribution in [0.5, 0.6) is 0 Å². The summed E-state index contributed by atoms with van der Waals surface area (Å²) in [4.78, 5) is 0. The number of alkyl halides is 1. The van der Waals surface area contributed by atoms with Gasteiger partial charge in [0.05, 0.1) is 0 Å². The van der Waals surface area contributed by atoms with Gasteiger partial charge in [-0.05, 0) is 42.4 Å². The maximum Gasteiger partial charge on any atom is 0.123 e. The van der Waals surface area contributed by atoms with Gasteiger partial charge in [0.15, 0.2) is 0 Å². The monoisotopic (exact) mass is 226 g/mol. The van der Waals surface area contributed by atoms with Gasteiger partial charge < -0.3 is 0 Å². The van der Waals surface area contributed by atoms with E-state index in [9.17, 15) is 4.39 Å². The van der Waals surface area contributed by atoms with Crippen molar-refractivity contribution in [2.75, 3.05) is 5.88 Å². The molecule has 1 aromatic rings. The van der Waals surface area contributed by atoms with Crippen LogP contribution in [0.15, 0.2) is 24.3 Å². The van der Waals surface area contributed by atoms with E-state index in [-0.39, 0.29) is 11.2 Å². The van der Waals surface area contributed by atoms with Crippen LogP contribution in [0.3, 0.4) is 0 Å². The van der Waals surface area contributed by atoms with Gasteiger partial charge in [0.2, 0.25) is 0 Å². The van der Waals surface area contributed by atoms with E-state index in [1.165, 1.54) is 43.4 Å². The topological polar surface area (TPSA) is 0 Å². The van der Waals surface area contributed by atoms with Crippen molar-refractivity contribution in [3.8, 4) is 0 Å². The molecular weight excluding hydrogens is 211 g/mol. The predicted octanol–water partition coefficient (Wildman–Crippen LogP) is 4.17. The third kappa shape index (κ3) is 2.52. The van der Waals surface area contributed by atoms with Crippen LogP contribution in [0, 0.1) is 11.2 Å². The summed E-state index contributed by atoms with van der Waals surface area (Å²) in [5, 5.41) is 0. The number of hydrogen-bond acceptors (Lipinski definition) is 0. The molecule has 0 aromatic heterocycles. The van der Waals surface area contributed by atoms with E-state index in [1.54, 1.807) is 0 Å². The molecule has 0 saturated heterocycles. The van der Waals surface area contributed by atoms with Crippen LogP contribution in [0.1, 0.15) is 31.2 Å². The molecule has 1 fully saturated rings. The minimum Gasteiger partial charge on any atom is -0.207 e. The average Bonchev–Trinajstić information content (AvgIpc) is 2.71. The van der Waals surface area contributed by atoms with E-state index in [2.05, 4.69) is 0 Å². The van der Waals surface area contributed by atoms with Crippen LogP contribution in [0.4, 0.5) is 4.39 Å². The number of halogens is 2. The number of hydrogen-bond donors (Lipinski definition) is 0. The lowest BCUT2D eigenvalue weighted by Gasteiger charge is -2.26. The molecule has 0 radical (unpaired) electrons. The summed E-state index contributed by atoms with van der Waals surface area (Å²) in [5.74, 6) is 0.565. The molecule has 15 heavy (non-hydrogen) atoms. The smallest absolute Gasteiger partial charge is 0.123 e. The average molecular weight is 227 g/mol. The van der Waals surface area contributed by atoms with Crippen LogP contribution < -0.4 is 0 Å². The Kier molecular flexibility index (Phi) is 3.30. The highest BCUT2D eigenvalue weighted by Gasteiger charge is 2.32. The first-order valence-electron chi connectivity index (χ1n) is 5.55. The van der Waals surface area contributed by atoms with Gasteiger partial charge in [-0.2, -0.15) is 0 Å². The molecule has 0 atom stereocenters. The van der Waals surface area contributed by atoms with Gasteiger partial charge in [0.1, 0.15) is 5.82 Å². The molecule has 1 aliphatic rings. The third-order valence-electron chi connectivity index (χ3n) is 3.44. The highest BCUT2D eigenvalue weighted by Crippen LogP contribution is 2.41. The van der Waals surface area contributed by atoms with E-state index in [4.69, 9.17) is 11.6 Å². The predicted molar refractivity (Wildman–Crippen MR) is 61.7 cm³/mol. The van der Waals surface area contributed by atoms with E-state index >= 15 is 0 Å². The Hall–Kier alpha value is -0.560. The Morgan fingerprint density at radius 3 is 2.27 bits per heavy atom. The fourth-order valence-corrected chi connectivity index (χ4v) is 2.88. The molecule has 2 heteroatoms. The Morgan fingerprint density at radius 1 is 1.13 bits per heavy atom. The summed E-state index contributed by atoms with van der Waals surface area (Å²) in [6, 6.07) is 6.82. The lowest BCUT2D eigenvalue weighted by molar-refractivity contribution is 0.341. The second-order valence-corrected chi connectivity index (χ2v) is 4.91. The van der Waals surface area contributed by atoms with Crippen molar-refractivity contribution >= 4 is 11.6 Å². The Labute approximate surface area is 95.4 Å². The molecule has 2 rings (SSSR count). The second kappa shape index (κ2) is 4.52. The van der Waals surface area contributed by atoms with Crippen molar-refractivity contribution in [1.29, 1.82) is 0 Å². The lowest BCUT2D eigenvalue weighted by atomic mass is 9.82. The van der Waals surface area contributed by atoms with Crippen LogP contribution in [0.2, 0.25) is 0 Å². The fraction of sp³-hybridized carbons (Fsp3) is 0.538. The maximum atomic E-state index is 12.8. The van der Waals surface area contributed by atoms with Gasteiger partial charge in [-0.15, -0.1) is 11.6 Å². The molecule has 0 nitrogen and oxygen atoms in total. The Morgan fingerprint density at radius 2 is 1.73 bits per heavy atom. The molecule has 0 N–H and O–H groups in total. The molecule has 0 unspecified atom stereocenters. The minimum absolute atomic E-state index is 0.162. The zero-order chi connectivity index (χ0) is 10.7. The Bertz CT molecular complexity index is 312. The van der Waals surface area contributed by atoms with Crippen LogP contribution in [-0.2, 0) is 6.42 Å². The van der Waals surface area contributed by atoms with E-state index in [0.717, 1.165) is 12.3 Å². The van der Waals surface area contributed by atoms with Gasteiger partial charge in [-0.1, -0.05) is 25.0 Å². The van der Waals surface area contributed by atoms with Gasteiger partial charge in [-0.3, -0.25) is 0 Å². The molecule has 0 bridgehead atoms. The van der Waals surface area contributed by atoms with Crippen LogP contribution in [0.25, 0.3) is 0 Å². The fourth-order valence-electron chi connectivity index (χ4n) is 2.52. The normalized spacial score (nSPS) is 19.3. The first kappa shape index (κ1) is 10.9. The van der Waals surface area contributed by atoms with Gasteiger partial charge in [-0.25, -0.2) is 4.39 Å². The molecule has 82 valence electrons. The molecule has 0 heterocycles. The van der Waals surface area contributed by atoms with E-state index in [1.807, 2.05) is 12.1 Å². The summed E-state index contributed by atoms with van der Waals surface area (Å²) in [6.07, 6.45) is 6.00. The number of rotatable bonds is 3. The van der Waals surface area contributed by atoms with E-state index in [0.29, 0.717) is 0 Å². The largest absolute Gasteiger partial charge is 0.207 e. The summed E-state index contributed by atoms with van der Waals surface area (Å²) < 4.78 is 12.8. The van der Waals surface area contributed by atoms with Crippen molar-refractivity contribution < 1.29 is 4.39 Å². The third-order valence-corrected chi connectivity index (χ3v) is 4.01. The zero-order valence-electron chi connectivity index (χ0n) is 8.81. The van der Waals surface area contributed by atoms with Gasteiger partial charge in [0, 0.05) is 5.88 Å². The summed E-state index contributed by atoms with van der Waals surface area (Å²) in [5.41, 5.74) is 1.48. The maximum absolute atomic E-state index is 12.8. The molecule has 0 aliphatic heterocycles. The van der Waals surface area contributed by atoms with Crippen molar-refractivity contribution in [3.63, 3.8) is 0 Å². The summed E-state index contributed by atoms with van der Waals surface area (Å²) in [6.45, 7) is 0. The van der Waals surface area contributed by atoms with Gasteiger partial charge >= 0.3 is 0 Å². The van der Waals surface area contributed by atoms with Crippen molar-refractivity contribution in [2.24, 2.45) is 5.41 Å². The highest BCUT2D eigenvalue weighted by atomic mass is 35.5. The quantitative estimate of drug-likeness (QED) is 0.679. The lowest BCUT2D eigenvalue weighted by Crippen LogP contribution is -2.21. The zero-order valence-corrected chi connectivity index (χ0v) is 9.56. The van der Waals surface area contributed by atoms with Crippen molar-refractivity contribution in [2.45, 2.75) is 32.1 Å². The summed E-state index contributed by atoms with van der Waals surface area (Å²) >= 11 is 6.07. The molecule has 1 aromatic carbocycles. The minimum atomic E-state index is -0.162. The molecule has 1 saturated carbocycles. The van der Waals surface area contributed by atoms with Crippen LogP contribution in [-0.4, -0.2) is 5.88 Å².